The van der Waals surface area contributed by atoms with E-state index in [4.69, 9.17) is 0 Å². The number of nitrogens with one attached hydrogen (secondary N) is 1. The second-order valence-electron chi connectivity index (χ2n) is 6.45. The van der Waals surface area contributed by atoms with Gasteiger partial charge in [-0.25, -0.2) is 0 Å². The molecular formula is C17H29N3. The number of hydrogen-bond donors (Lipinski definition) is 1. The van der Waals surface area contributed by atoms with E-state index >= 15 is 0 Å². The fraction of sp³-hybridized carbons (Fsp3) is 0.647. The number of hydrogen-bond acceptors (Lipinski definition) is 3. The third-order valence-corrected chi connectivity index (χ3v) is 4.19. The van der Waals surface area contributed by atoms with Crippen LogP contribution in [0.2, 0.25) is 0 Å². The summed E-state index contributed by atoms with van der Waals surface area (Å²) in [6.07, 6.45) is 0. The highest BCUT2D eigenvalue weighted by Gasteiger charge is 2.21. The van der Waals surface area contributed by atoms with Gasteiger partial charge in [-0.1, -0.05) is 19.9 Å². The summed E-state index contributed by atoms with van der Waals surface area (Å²) in [7, 11) is 2.21. The van der Waals surface area contributed by atoms with Crippen molar-refractivity contribution in [2.24, 2.45) is 0 Å². The summed E-state index contributed by atoms with van der Waals surface area (Å²) >= 11 is 0. The van der Waals surface area contributed by atoms with Crippen LogP contribution in [0.4, 0.5) is 5.69 Å². The number of piperazine rings is 1. The zero-order valence-electron chi connectivity index (χ0n) is 13.6. The lowest BCUT2D eigenvalue weighted by molar-refractivity contribution is 0.275. The molecule has 0 bridgehead atoms. The van der Waals surface area contributed by atoms with Crippen LogP contribution in [0.3, 0.4) is 0 Å². The van der Waals surface area contributed by atoms with E-state index in [1.807, 2.05) is 0 Å². The third kappa shape index (κ3) is 3.74. The van der Waals surface area contributed by atoms with Crippen LogP contribution in [-0.2, 0) is 6.54 Å². The van der Waals surface area contributed by atoms with E-state index in [-0.39, 0.29) is 0 Å². The van der Waals surface area contributed by atoms with Gasteiger partial charge in [0.1, 0.15) is 0 Å². The van der Waals surface area contributed by atoms with Crippen molar-refractivity contribution in [1.82, 2.24) is 10.2 Å². The monoisotopic (exact) mass is 275 g/mol. The van der Waals surface area contributed by atoms with Gasteiger partial charge in [0, 0.05) is 44.0 Å². The highest BCUT2D eigenvalue weighted by atomic mass is 15.3. The van der Waals surface area contributed by atoms with Gasteiger partial charge < -0.3 is 15.1 Å². The largest absolute Gasteiger partial charge is 0.366 e. The molecule has 0 amide bonds. The molecule has 1 fully saturated rings. The zero-order chi connectivity index (χ0) is 14.7. The minimum atomic E-state index is 0.534. The Hall–Kier alpha value is -1.06. The molecule has 112 valence electrons. The third-order valence-electron chi connectivity index (χ3n) is 4.19. The summed E-state index contributed by atoms with van der Waals surface area (Å²) in [4.78, 5) is 4.95. The topological polar surface area (TPSA) is 18.5 Å². The first-order valence-corrected chi connectivity index (χ1v) is 7.75. The van der Waals surface area contributed by atoms with Gasteiger partial charge in [0.2, 0.25) is 0 Å². The maximum Gasteiger partial charge on any atom is 0.0389 e. The molecule has 1 unspecified atom stereocenters. The molecule has 0 radical (unpaired) electrons. The van der Waals surface area contributed by atoms with Gasteiger partial charge in [0.25, 0.3) is 0 Å². The van der Waals surface area contributed by atoms with Gasteiger partial charge in [0.05, 0.1) is 0 Å². The maximum atomic E-state index is 3.50. The molecule has 1 heterocycles. The molecule has 20 heavy (non-hydrogen) atoms. The van der Waals surface area contributed by atoms with E-state index in [0.717, 1.165) is 26.2 Å². The van der Waals surface area contributed by atoms with Crippen LogP contribution in [0.15, 0.2) is 18.2 Å². The van der Waals surface area contributed by atoms with Crippen LogP contribution in [0.25, 0.3) is 0 Å². The van der Waals surface area contributed by atoms with E-state index in [1.165, 1.54) is 16.8 Å². The van der Waals surface area contributed by atoms with Gasteiger partial charge in [-0.05, 0) is 44.2 Å². The van der Waals surface area contributed by atoms with Crippen molar-refractivity contribution < 1.29 is 0 Å². The van der Waals surface area contributed by atoms with E-state index in [0.29, 0.717) is 12.1 Å². The van der Waals surface area contributed by atoms with Crippen molar-refractivity contribution in [2.75, 3.05) is 31.6 Å². The molecule has 1 saturated heterocycles. The first-order valence-electron chi connectivity index (χ1n) is 7.75. The number of rotatable bonds is 4. The number of anilines is 1. The number of benzene rings is 1. The van der Waals surface area contributed by atoms with Crippen LogP contribution in [0.1, 0.15) is 31.9 Å². The lowest BCUT2D eigenvalue weighted by Gasteiger charge is -2.40. The smallest absolute Gasteiger partial charge is 0.0389 e. The average Bonchev–Trinajstić information content (AvgIpc) is 2.37. The van der Waals surface area contributed by atoms with Crippen LogP contribution < -0.4 is 10.2 Å². The zero-order valence-corrected chi connectivity index (χ0v) is 13.6. The Labute approximate surface area is 124 Å². The summed E-state index contributed by atoms with van der Waals surface area (Å²) in [6, 6.07) is 8.04. The standard InChI is InChI=1S/C17H29N3/c1-13(2)18-11-16-6-7-17(10-14(16)3)20-9-8-19(5)12-15(20)4/h6-7,10,13,15,18H,8-9,11-12H2,1-5H3. The fourth-order valence-electron chi connectivity index (χ4n) is 2.89. The van der Waals surface area contributed by atoms with Crippen molar-refractivity contribution in [3.8, 4) is 0 Å². The maximum absolute atomic E-state index is 3.50. The van der Waals surface area contributed by atoms with Gasteiger partial charge >= 0.3 is 0 Å². The molecule has 1 aliphatic rings. The lowest BCUT2D eigenvalue weighted by atomic mass is 10.1. The van der Waals surface area contributed by atoms with Crippen molar-refractivity contribution in [3.63, 3.8) is 0 Å². The van der Waals surface area contributed by atoms with Gasteiger partial charge in [0.15, 0.2) is 0 Å². The van der Waals surface area contributed by atoms with Crippen molar-refractivity contribution in [1.29, 1.82) is 0 Å². The molecule has 3 heteroatoms. The fourth-order valence-corrected chi connectivity index (χ4v) is 2.89. The minimum absolute atomic E-state index is 0.534. The summed E-state index contributed by atoms with van der Waals surface area (Å²) in [6.45, 7) is 13.3. The van der Waals surface area contributed by atoms with Gasteiger partial charge in [-0.15, -0.1) is 0 Å². The number of likely N-dealkylation sites (N-methyl/N-ethyl adjacent to an activating group) is 1. The average molecular weight is 275 g/mol. The molecule has 1 N–H and O–H groups in total. The van der Waals surface area contributed by atoms with E-state index in [9.17, 15) is 0 Å². The molecular weight excluding hydrogens is 246 g/mol. The Morgan fingerprint density at radius 3 is 2.65 bits per heavy atom. The van der Waals surface area contributed by atoms with Crippen molar-refractivity contribution in [3.05, 3.63) is 29.3 Å². The summed E-state index contributed by atoms with van der Waals surface area (Å²) in [5, 5.41) is 3.50. The molecule has 1 atom stereocenters. The Kier molecular flexibility index (Phi) is 5.06. The minimum Gasteiger partial charge on any atom is -0.366 e. The van der Waals surface area contributed by atoms with Crippen LogP contribution >= 0.6 is 0 Å². The Bertz CT molecular complexity index is 442. The lowest BCUT2D eigenvalue weighted by Crippen LogP contribution is -2.50. The number of nitrogens with zero attached hydrogens (tertiary/aromatic N) is 2. The quantitative estimate of drug-likeness (QED) is 0.911. The Balaban J connectivity index is 2.08. The highest BCUT2D eigenvalue weighted by molar-refractivity contribution is 5.52. The molecule has 2 rings (SSSR count). The molecule has 1 aromatic carbocycles. The molecule has 0 saturated carbocycles. The second kappa shape index (κ2) is 6.59. The van der Waals surface area contributed by atoms with Gasteiger partial charge in [-0.2, -0.15) is 0 Å². The van der Waals surface area contributed by atoms with Gasteiger partial charge in [-0.3, -0.25) is 0 Å². The van der Waals surface area contributed by atoms with Crippen LogP contribution in [0.5, 0.6) is 0 Å². The van der Waals surface area contributed by atoms with Crippen LogP contribution in [-0.4, -0.2) is 43.7 Å². The first-order chi connectivity index (χ1) is 9.47. The molecule has 0 aromatic heterocycles. The molecule has 1 aliphatic heterocycles. The first kappa shape index (κ1) is 15.3. The highest BCUT2D eigenvalue weighted by Crippen LogP contribution is 2.23. The van der Waals surface area contributed by atoms with Crippen LogP contribution in [0, 0.1) is 6.92 Å². The van der Waals surface area contributed by atoms with Crippen molar-refractivity contribution in [2.45, 2.75) is 46.3 Å². The summed E-state index contributed by atoms with van der Waals surface area (Å²) < 4.78 is 0. The number of aryl methyl sites for hydroxylation is 1. The van der Waals surface area contributed by atoms with E-state index < -0.39 is 0 Å². The Morgan fingerprint density at radius 2 is 2.05 bits per heavy atom. The molecule has 3 nitrogen and oxygen atoms in total. The normalized spacial score (nSPS) is 20.7. The Morgan fingerprint density at radius 1 is 1.30 bits per heavy atom. The summed E-state index contributed by atoms with van der Waals surface area (Å²) in [5.74, 6) is 0. The second-order valence-corrected chi connectivity index (χ2v) is 6.45. The van der Waals surface area contributed by atoms with E-state index in [2.05, 4.69) is 68.1 Å². The molecule has 0 aliphatic carbocycles. The predicted molar refractivity (Wildman–Crippen MR) is 87.5 cm³/mol. The SMILES string of the molecule is Cc1cc(N2CCN(C)CC2C)ccc1CNC(C)C. The molecule has 0 spiro atoms. The predicted octanol–water partition coefficient (Wildman–Crippen LogP) is 2.63. The van der Waals surface area contributed by atoms with Crippen molar-refractivity contribution >= 4 is 5.69 Å². The molecule has 1 aromatic rings. The van der Waals surface area contributed by atoms with E-state index in [1.54, 1.807) is 0 Å². The summed E-state index contributed by atoms with van der Waals surface area (Å²) in [5.41, 5.74) is 4.17.